The standard InChI is InChI=1S/C15H16F4N2O3/c16-11-6-3-9(15(17,18)19)7-12(11)21-14(24)20-10-4-1-8(2-5-10)13(22)23/h3,6-8,10H,1-2,4-5H2,(H,22,23)(H2,20,21,24). The van der Waals surface area contributed by atoms with Crippen LogP contribution in [0.3, 0.4) is 0 Å². The SMILES string of the molecule is O=C(Nc1cc(C(F)(F)F)ccc1F)NC1CCC(C(=O)O)CC1. The number of urea groups is 1. The van der Waals surface area contributed by atoms with Crippen LogP contribution in [0.2, 0.25) is 0 Å². The maximum atomic E-state index is 13.6. The molecule has 0 spiro atoms. The first kappa shape index (κ1) is 18.0. The van der Waals surface area contributed by atoms with Crippen molar-refractivity contribution in [2.75, 3.05) is 5.32 Å². The first-order valence-corrected chi connectivity index (χ1v) is 7.34. The molecule has 0 saturated heterocycles. The summed E-state index contributed by atoms with van der Waals surface area (Å²) in [4.78, 5) is 22.7. The van der Waals surface area contributed by atoms with Crippen LogP contribution in [0, 0.1) is 11.7 Å². The van der Waals surface area contributed by atoms with E-state index < -0.39 is 41.2 Å². The van der Waals surface area contributed by atoms with Crippen LogP contribution in [0.15, 0.2) is 18.2 Å². The monoisotopic (exact) mass is 348 g/mol. The number of hydrogen-bond acceptors (Lipinski definition) is 2. The topological polar surface area (TPSA) is 78.4 Å². The number of benzene rings is 1. The van der Waals surface area contributed by atoms with Crippen LogP contribution in [0.1, 0.15) is 31.2 Å². The molecule has 5 nitrogen and oxygen atoms in total. The van der Waals surface area contributed by atoms with Crippen LogP contribution < -0.4 is 10.6 Å². The number of aliphatic carboxylic acids is 1. The van der Waals surface area contributed by atoms with Gasteiger partial charge in [0.05, 0.1) is 17.2 Å². The lowest BCUT2D eigenvalue weighted by molar-refractivity contribution is -0.143. The average Bonchev–Trinajstić information content (AvgIpc) is 2.48. The van der Waals surface area contributed by atoms with Crippen LogP contribution in [0.25, 0.3) is 0 Å². The summed E-state index contributed by atoms with van der Waals surface area (Å²) in [7, 11) is 0. The van der Waals surface area contributed by atoms with Gasteiger partial charge in [-0.05, 0) is 43.9 Å². The molecular weight excluding hydrogens is 332 g/mol. The fraction of sp³-hybridized carbons (Fsp3) is 0.467. The zero-order valence-corrected chi connectivity index (χ0v) is 12.5. The number of carboxylic acid groups (broad SMARTS) is 1. The molecule has 0 heterocycles. The van der Waals surface area contributed by atoms with E-state index in [1.165, 1.54) is 0 Å². The van der Waals surface area contributed by atoms with Crippen molar-refractivity contribution in [2.24, 2.45) is 5.92 Å². The third-order valence-electron chi connectivity index (χ3n) is 3.95. The molecule has 2 rings (SSSR count). The number of nitrogens with one attached hydrogen (secondary N) is 2. The predicted molar refractivity (Wildman–Crippen MR) is 76.9 cm³/mol. The zero-order valence-electron chi connectivity index (χ0n) is 12.5. The Morgan fingerprint density at radius 2 is 1.75 bits per heavy atom. The molecule has 1 aliphatic carbocycles. The normalized spacial score (nSPS) is 21.2. The van der Waals surface area contributed by atoms with Crippen molar-refractivity contribution in [2.45, 2.75) is 37.9 Å². The van der Waals surface area contributed by atoms with Gasteiger partial charge in [-0.2, -0.15) is 13.2 Å². The molecule has 2 amide bonds. The molecule has 1 aromatic carbocycles. The number of carbonyl (C=O) groups excluding carboxylic acids is 1. The van der Waals surface area contributed by atoms with Crippen molar-refractivity contribution in [1.29, 1.82) is 0 Å². The number of anilines is 1. The Bertz CT molecular complexity index is 626. The Balaban J connectivity index is 1.94. The van der Waals surface area contributed by atoms with Gasteiger partial charge in [0, 0.05) is 6.04 Å². The first-order chi connectivity index (χ1) is 11.2. The number of carboxylic acids is 1. The molecule has 0 aromatic heterocycles. The van der Waals surface area contributed by atoms with Gasteiger partial charge in [-0.1, -0.05) is 0 Å². The molecule has 1 aromatic rings. The van der Waals surface area contributed by atoms with Crippen molar-refractivity contribution < 1.29 is 32.3 Å². The number of carbonyl (C=O) groups is 2. The van der Waals surface area contributed by atoms with Gasteiger partial charge < -0.3 is 15.7 Å². The van der Waals surface area contributed by atoms with E-state index in [1.54, 1.807) is 0 Å². The largest absolute Gasteiger partial charge is 0.481 e. The highest BCUT2D eigenvalue weighted by Crippen LogP contribution is 2.32. The molecule has 1 saturated carbocycles. The summed E-state index contributed by atoms with van der Waals surface area (Å²) in [6.07, 6.45) is -2.96. The minimum Gasteiger partial charge on any atom is -0.481 e. The van der Waals surface area contributed by atoms with Crippen molar-refractivity contribution in [3.8, 4) is 0 Å². The fourth-order valence-electron chi connectivity index (χ4n) is 2.63. The zero-order chi connectivity index (χ0) is 17.9. The van der Waals surface area contributed by atoms with E-state index in [4.69, 9.17) is 5.11 Å². The second-order valence-electron chi connectivity index (χ2n) is 5.68. The third kappa shape index (κ3) is 4.59. The summed E-state index contributed by atoms with van der Waals surface area (Å²) >= 11 is 0. The number of alkyl halides is 3. The summed E-state index contributed by atoms with van der Waals surface area (Å²) in [5.74, 6) is -2.32. The quantitative estimate of drug-likeness (QED) is 0.730. The minimum absolute atomic E-state index is 0.297. The second kappa shape index (κ2) is 7.06. The molecular formula is C15H16F4N2O3. The maximum absolute atomic E-state index is 13.6. The van der Waals surface area contributed by atoms with Gasteiger partial charge in [0.15, 0.2) is 0 Å². The summed E-state index contributed by atoms with van der Waals surface area (Å²) in [6, 6.07) is 0.625. The molecule has 0 aliphatic heterocycles. The van der Waals surface area contributed by atoms with Crippen LogP contribution in [-0.4, -0.2) is 23.1 Å². The summed E-state index contributed by atoms with van der Waals surface area (Å²) < 4.78 is 51.4. The van der Waals surface area contributed by atoms with Crippen molar-refractivity contribution in [3.63, 3.8) is 0 Å². The molecule has 1 fully saturated rings. The van der Waals surface area contributed by atoms with Crippen LogP contribution in [0.5, 0.6) is 0 Å². The van der Waals surface area contributed by atoms with E-state index in [2.05, 4.69) is 10.6 Å². The highest BCUT2D eigenvalue weighted by atomic mass is 19.4. The van der Waals surface area contributed by atoms with E-state index in [-0.39, 0.29) is 6.04 Å². The lowest BCUT2D eigenvalue weighted by Crippen LogP contribution is -2.41. The van der Waals surface area contributed by atoms with E-state index >= 15 is 0 Å². The highest BCUT2D eigenvalue weighted by molar-refractivity contribution is 5.89. The lowest BCUT2D eigenvalue weighted by atomic mass is 9.86. The number of halogens is 4. The Hall–Kier alpha value is -2.32. The lowest BCUT2D eigenvalue weighted by Gasteiger charge is -2.26. The minimum atomic E-state index is -4.64. The van der Waals surface area contributed by atoms with Crippen molar-refractivity contribution in [3.05, 3.63) is 29.6 Å². The van der Waals surface area contributed by atoms with Crippen molar-refractivity contribution in [1.82, 2.24) is 5.32 Å². The number of amides is 2. The molecule has 132 valence electrons. The van der Waals surface area contributed by atoms with Gasteiger partial charge >= 0.3 is 18.2 Å². The molecule has 9 heteroatoms. The van der Waals surface area contributed by atoms with Crippen molar-refractivity contribution >= 4 is 17.7 Å². The molecule has 0 atom stereocenters. The molecule has 1 aliphatic rings. The summed E-state index contributed by atoms with van der Waals surface area (Å²) in [5.41, 5.74) is -1.64. The van der Waals surface area contributed by atoms with E-state index in [9.17, 15) is 27.2 Å². The van der Waals surface area contributed by atoms with Gasteiger partial charge in [-0.25, -0.2) is 9.18 Å². The molecule has 0 radical (unpaired) electrons. The summed E-state index contributed by atoms with van der Waals surface area (Å²) in [5, 5.41) is 13.5. The average molecular weight is 348 g/mol. The summed E-state index contributed by atoms with van der Waals surface area (Å²) in [6.45, 7) is 0. The fourth-order valence-corrected chi connectivity index (χ4v) is 2.63. The number of hydrogen-bond donors (Lipinski definition) is 3. The highest BCUT2D eigenvalue weighted by Gasteiger charge is 2.31. The Labute approximate surface area is 135 Å². The Morgan fingerprint density at radius 3 is 2.29 bits per heavy atom. The molecule has 0 bridgehead atoms. The smallest absolute Gasteiger partial charge is 0.416 e. The molecule has 0 unspecified atom stereocenters. The Morgan fingerprint density at radius 1 is 1.12 bits per heavy atom. The van der Waals surface area contributed by atoms with Gasteiger partial charge in [-0.3, -0.25) is 4.79 Å². The van der Waals surface area contributed by atoms with Gasteiger partial charge in [-0.15, -0.1) is 0 Å². The van der Waals surface area contributed by atoms with Crippen LogP contribution in [0.4, 0.5) is 28.0 Å². The van der Waals surface area contributed by atoms with Gasteiger partial charge in [0.1, 0.15) is 5.82 Å². The third-order valence-corrected chi connectivity index (χ3v) is 3.95. The van der Waals surface area contributed by atoms with Gasteiger partial charge in [0.25, 0.3) is 0 Å². The second-order valence-corrected chi connectivity index (χ2v) is 5.68. The van der Waals surface area contributed by atoms with Crippen LogP contribution in [-0.2, 0) is 11.0 Å². The van der Waals surface area contributed by atoms with E-state index in [0.717, 1.165) is 0 Å². The first-order valence-electron chi connectivity index (χ1n) is 7.34. The number of rotatable bonds is 3. The molecule has 3 N–H and O–H groups in total. The Kier molecular flexibility index (Phi) is 5.30. The maximum Gasteiger partial charge on any atom is 0.416 e. The van der Waals surface area contributed by atoms with Gasteiger partial charge in [0.2, 0.25) is 0 Å². The van der Waals surface area contributed by atoms with E-state index in [1.807, 2.05) is 0 Å². The van der Waals surface area contributed by atoms with Crippen LogP contribution >= 0.6 is 0 Å². The molecule has 24 heavy (non-hydrogen) atoms. The predicted octanol–water partition coefficient (Wildman–Crippen LogP) is 3.61. The van der Waals surface area contributed by atoms with E-state index in [0.29, 0.717) is 43.9 Å².